The molecule has 1 aliphatic heterocycles. The second-order valence-corrected chi connectivity index (χ2v) is 8.06. The third-order valence-corrected chi connectivity index (χ3v) is 6.45. The van der Waals surface area contributed by atoms with Crippen LogP contribution < -0.4 is 9.21 Å². The summed E-state index contributed by atoms with van der Waals surface area (Å²) < 4.78 is 27.5. The first-order valence-electron chi connectivity index (χ1n) is 8.37. The van der Waals surface area contributed by atoms with Gasteiger partial charge >= 0.3 is 5.97 Å². The fourth-order valence-electron chi connectivity index (χ4n) is 3.16. The molecule has 7 heteroatoms. The monoisotopic (exact) mass is 356 g/mol. The van der Waals surface area contributed by atoms with Crippen LogP contribution in [0.4, 0.5) is 11.4 Å². The lowest BCUT2D eigenvalue weighted by Gasteiger charge is -2.48. The molecule has 1 aromatic rings. The molecular weight excluding hydrogens is 328 g/mol. The van der Waals surface area contributed by atoms with Crippen molar-refractivity contribution in [1.82, 2.24) is 0 Å². The number of hydrogen-bond donors (Lipinski definition) is 2. The highest BCUT2D eigenvalue weighted by Gasteiger charge is 2.30. The van der Waals surface area contributed by atoms with Crippen LogP contribution in [-0.2, 0) is 4.74 Å². The van der Waals surface area contributed by atoms with Gasteiger partial charge in [0.25, 0.3) is 0 Å². The van der Waals surface area contributed by atoms with E-state index in [1.807, 2.05) is 13.0 Å². The first kappa shape index (κ1) is 18.9. The molecular formula is C17H28N2O4S. The average molecular weight is 356 g/mol. The van der Waals surface area contributed by atoms with E-state index in [-0.39, 0.29) is 0 Å². The maximum Gasteiger partial charge on any atom is 0.337 e. The Morgan fingerprint density at radius 2 is 1.96 bits per heavy atom. The number of anilines is 2. The molecule has 0 spiro atoms. The molecule has 0 saturated carbocycles. The van der Waals surface area contributed by atoms with Gasteiger partial charge in [-0.2, -0.15) is 0 Å². The van der Waals surface area contributed by atoms with Crippen LogP contribution in [0.1, 0.15) is 42.6 Å². The van der Waals surface area contributed by atoms with Crippen LogP contribution in [0.2, 0.25) is 0 Å². The number of nitrogens with zero attached hydrogens (tertiary/aromatic N) is 2. The van der Waals surface area contributed by atoms with Gasteiger partial charge in [0.15, 0.2) is 0 Å². The van der Waals surface area contributed by atoms with Crippen molar-refractivity contribution in [3.05, 3.63) is 23.3 Å². The zero-order chi connectivity index (χ0) is 17.9. The molecule has 6 nitrogen and oxygen atoms in total. The van der Waals surface area contributed by atoms with Crippen molar-refractivity contribution < 1.29 is 18.6 Å². The Kier molecular flexibility index (Phi) is 6.01. The van der Waals surface area contributed by atoms with Crippen molar-refractivity contribution in [2.45, 2.75) is 33.6 Å². The molecule has 1 saturated heterocycles. The smallest absolute Gasteiger partial charge is 0.337 e. The fourth-order valence-corrected chi connectivity index (χ4v) is 4.89. The number of rotatable bonds is 5. The zero-order valence-electron chi connectivity index (χ0n) is 14.9. The quantitative estimate of drug-likeness (QED) is 0.780. The number of ether oxygens (including phenoxy) is 1. The predicted octanol–water partition coefficient (Wildman–Crippen LogP) is 3.89. The van der Waals surface area contributed by atoms with Gasteiger partial charge in [-0.1, -0.05) is 0 Å². The second-order valence-electron chi connectivity index (χ2n) is 5.95. The van der Waals surface area contributed by atoms with Gasteiger partial charge < -0.3 is 9.64 Å². The summed E-state index contributed by atoms with van der Waals surface area (Å²) in [6.45, 7) is 8.26. The third-order valence-electron chi connectivity index (χ3n) is 4.53. The Hall–Kier alpha value is -1.44. The maximum atomic E-state index is 12.1. The first-order chi connectivity index (χ1) is 11.4. The van der Waals surface area contributed by atoms with Gasteiger partial charge in [0.05, 0.1) is 24.1 Å². The molecule has 0 aliphatic carbocycles. The van der Waals surface area contributed by atoms with Gasteiger partial charge in [-0.05, 0) is 51.3 Å². The number of benzene rings is 1. The number of carbonyl (C=O) groups excluding carboxylic acids is 1. The van der Waals surface area contributed by atoms with Crippen molar-refractivity contribution >= 4 is 28.1 Å². The van der Waals surface area contributed by atoms with Crippen LogP contribution >= 0.6 is 10.8 Å². The summed E-state index contributed by atoms with van der Waals surface area (Å²) in [7, 11) is -1.49. The largest absolute Gasteiger partial charge is 0.465 e. The van der Waals surface area contributed by atoms with Crippen LogP contribution in [-0.4, -0.2) is 47.6 Å². The summed E-state index contributed by atoms with van der Waals surface area (Å²) in [5, 5.41) is 0. The number of hydrogen-bond acceptors (Lipinski definition) is 6. The minimum absolute atomic E-state index is 0.371. The molecule has 0 amide bonds. The van der Waals surface area contributed by atoms with E-state index in [1.54, 1.807) is 10.4 Å². The lowest BCUT2D eigenvalue weighted by molar-refractivity contribution is 0.0600. The minimum atomic E-state index is -2.84. The summed E-state index contributed by atoms with van der Waals surface area (Å²) in [6, 6.07) is 3.54. The van der Waals surface area contributed by atoms with Crippen LogP contribution in [0.25, 0.3) is 0 Å². The average Bonchev–Trinajstić information content (AvgIpc) is 2.56. The minimum Gasteiger partial charge on any atom is -0.465 e. The van der Waals surface area contributed by atoms with E-state index >= 15 is 0 Å². The molecule has 1 aromatic carbocycles. The molecule has 1 aliphatic rings. The number of methoxy groups -OCH3 is 1. The highest BCUT2D eigenvalue weighted by Crippen LogP contribution is 2.51. The van der Waals surface area contributed by atoms with E-state index in [4.69, 9.17) is 4.74 Å². The Labute approximate surface area is 145 Å². The van der Waals surface area contributed by atoms with Crippen molar-refractivity contribution in [2.75, 3.05) is 41.7 Å². The number of esters is 1. The molecule has 0 radical (unpaired) electrons. The van der Waals surface area contributed by atoms with Crippen molar-refractivity contribution in [1.29, 1.82) is 0 Å². The van der Waals surface area contributed by atoms with E-state index in [0.717, 1.165) is 37.2 Å². The van der Waals surface area contributed by atoms with Crippen LogP contribution in [0.3, 0.4) is 0 Å². The molecule has 0 bridgehead atoms. The Bertz CT molecular complexity index is 602. The molecule has 1 heterocycles. The topological polar surface area (TPSA) is 73.2 Å². The third kappa shape index (κ3) is 3.63. The van der Waals surface area contributed by atoms with Gasteiger partial charge in [0.1, 0.15) is 0 Å². The molecule has 0 aromatic heterocycles. The summed E-state index contributed by atoms with van der Waals surface area (Å²) in [4.78, 5) is 14.2. The molecule has 0 unspecified atom stereocenters. The van der Waals surface area contributed by atoms with Crippen molar-refractivity contribution in [3.8, 4) is 0 Å². The van der Waals surface area contributed by atoms with E-state index < -0.39 is 16.7 Å². The van der Waals surface area contributed by atoms with Gasteiger partial charge in [-0.25, -0.2) is 4.79 Å². The van der Waals surface area contributed by atoms with E-state index in [1.165, 1.54) is 7.11 Å². The molecule has 2 N–H and O–H groups in total. The number of carbonyl (C=O) groups is 1. The summed E-state index contributed by atoms with van der Waals surface area (Å²) in [5.74, 6) is -0.0479. The van der Waals surface area contributed by atoms with Crippen molar-refractivity contribution in [2.24, 2.45) is 0 Å². The van der Waals surface area contributed by atoms with Gasteiger partial charge in [-0.15, -0.1) is 10.8 Å². The highest BCUT2D eigenvalue weighted by molar-refractivity contribution is 8.25. The highest BCUT2D eigenvalue weighted by atomic mass is 32.3. The van der Waals surface area contributed by atoms with Gasteiger partial charge in [0, 0.05) is 25.3 Å². The predicted molar refractivity (Wildman–Crippen MR) is 100 cm³/mol. The lowest BCUT2D eigenvalue weighted by atomic mass is 10.1. The van der Waals surface area contributed by atoms with Gasteiger partial charge in [-0.3, -0.25) is 13.4 Å². The molecule has 1 fully saturated rings. The van der Waals surface area contributed by atoms with E-state index in [2.05, 4.69) is 18.7 Å². The lowest BCUT2D eigenvalue weighted by Crippen LogP contribution is -2.35. The van der Waals surface area contributed by atoms with Crippen molar-refractivity contribution in [3.63, 3.8) is 0 Å². The Morgan fingerprint density at radius 1 is 1.29 bits per heavy atom. The summed E-state index contributed by atoms with van der Waals surface area (Å²) >= 11 is 0. The van der Waals surface area contributed by atoms with Crippen LogP contribution in [0, 0.1) is 6.92 Å². The summed E-state index contributed by atoms with van der Waals surface area (Å²) in [6.07, 6.45) is 1.70. The Balaban J connectivity index is 2.60. The normalized spacial score (nSPS) is 18.2. The molecule has 2 rings (SSSR count). The fraction of sp³-hybridized carbons (Fsp3) is 0.588. The zero-order valence-corrected chi connectivity index (χ0v) is 15.7. The molecule has 0 atom stereocenters. The first-order valence-corrected chi connectivity index (χ1v) is 10.0. The maximum absolute atomic E-state index is 12.1. The Morgan fingerprint density at radius 3 is 2.50 bits per heavy atom. The SMILES string of the molecule is CCN(CC)c1cc(C(=O)OC)cc(N2CCCCS2(O)O)c1C. The van der Waals surface area contributed by atoms with Gasteiger partial charge in [0.2, 0.25) is 0 Å². The van der Waals surface area contributed by atoms with E-state index in [9.17, 15) is 13.9 Å². The molecule has 24 heavy (non-hydrogen) atoms. The van der Waals surface area contributed by atoms with E-state index in [0.29, 0.717) is 23.5 Å². The summed E-state index contributed by atoms with van der Waals surface area (Å²) in [5.41, 5.74) is 3.02. The standard InChI is InChI=1S/C17H28N2O4S/c1-5-18(6-2)15-11-14(17(20)23-4)12-16(13(15)3)19-9-7-8-10-24(19,21)22/h11-12,21-22H,5-10H2,1-4H3. The van der Waals surface area contributed by atoms with Crippen LogP contribution in [0.15, 0.2) is 12.1 Å². The van der Waals surface area contributed by atoms with Crippen LogP contribution in [0.5, 0.6) is 0 Å². The second kappa shape index (κ2) is 7.63. The molecule has 136 valence electrons.